The van der Waals surface area contributed by atoms with Gasteiger partial charge in [0.25, 0.3) is 0 Å². The molecule has 1 amide bonds. The lowest BCUT2D eigenvalue weighted by Crippen LogP contribution is -2.36. The van der Waals surface area contributed by atoms with Gasteiger partial charge in [-0.2, -0.15) is 13.2 Å². The molecule has 3 nitrogen and oxygen atoms in total. The van der Waals surface area contributed by atoms with E-state index in [0.29, 0.717) is 22.4 Å². The van der Waals surface area contributed by atoms with Gasteiger partial charge in [0.1, 0.15) is 5.75 Å². The maximum atomic E-state index is 12.8. The lowest BCUT2D eigenvalue weighted by atomic mass is 9.92. The highest BCUT2D eigenvalue weighted by molar-refractivity contribution is 5.75. The fourth-order valence-electron chi connectivity index (χ4n) is 2.56. The fraction of sp³-hybridized carbons (Fsp3) is 0.188. The number of benzene rings is 2. The molecule has 0 bridgehead atoms. The summed E-state index contributed by atoms with van der Waals surface area (Å²) in [5, 5.41) is 2.65. The van der Waals surface area contributed by atoms with Crippen LogP contribution >= 0.6 is 0 Å². The van der Waals surface area contributed by atoms with Crippen molar-refractivity contribution >= 4 is 6.09 Å². The zero-order valence-corrected chi connectivity index (χ0v) is 11.6. The van der Waals surface area contributed by atoms with Gasteiger partial charge in [0.15, 0.2) is 0 Å². The Bertz CT molecular complexity index is 740. The first-order valence-electron chi connectivity index (χ1n) is 6.61. The van der Waals surface area contributed by atoms with Gasteiger partial charge in [0.05, 0.1) is 11.6 Å². The molecule has 6 heteroatoms. The average Bonchev–Trinajstić information content (AvgIpc) is 2.45. The van der Waals surface area contributed by atoms with Gasteiger partial charge in [-0.25, -0.2) is 4.79 Å². The SMILES string of the molecule is Cc1cc(C(F)(F)F)ccc1C1NC(=O)Oc2ccccc21. The Hall–Kier alpha value is -2.50. The number of hydrogen-bond acceptors (Lipinski definition) is 2. The first-order chi connectivity index (χ1) is 10.4. The lowest BCUT2D eigenvalue weighted by molar-refractivity contribution is -0.137. The van der Waals surface area contributed by atoms with Gasteiger partial charge in [0, 0.05) is 5.56 Å². The molecule has 1 unspecified atom stereocenters. The minimum Gasteiger partial charge on any atom is -0.410 e. The highest BCUT2D eigenvalue weighted by atomic mass is 19.4. The van der Waals surface area contributed by atoms with Crippen LogP contribution in [-0.2, 0) is 6.18 Å². The van der Waals surface area contributed by atoms with Crippen LogP contribution in [0.4, 0.5) is 18.0 Å². The van der Waals surface area contributed by atoms with Crippen molar-refractivity contribution < 1.29 is 22.7 Å². The molecular formula is C16H12F3NO2. The summed E-state index contributed by atoms with van der Waals surface area (Å²) in [5.74, 6) is 0.413. The lowest BCUT2D eigenvalue weighted by Gasteiger charge is -2.27. The summed E-state index contributed by atoms with van der Waals surface area (Å²) < 4.78 is 43.3. The number of carbonyl (C=O) groups is 1. The molecule has 1 heterocycles. The smallest absolute Gasteiger partial charge is 0.410 e. The Morgan fingerprint density at radius 1 is 1.09 bits per heavy atom. The molecule has 1 atom stereocenters. The molecule has 0 aliphatic carbocycles. The highest BCUT2D eigenvalue weighted by Crippen LogP contribution is 2.37. The number of fused-ring (bicyclic) bond motifs is 1. The van der Waals surface area contributed by atoms with Gasteiger partial charge in [-0.3, -0.25) is 0 Å². The van der Waals surface area contributed by atoms with Gasteiger partial charge >= 0.3 is 12.3 Å². The highest BCUT2D eigenvalue weighted by Gasteiger charge is 2.32. The molecular weight excluding hydrogens is 295 g/mol. The van der Waals surface area contributed by atoms with Crippen molar-refractivity contribution in [2.75, 3.05) is 0 Å². The number of aryl methyl sites for hydroxylation is 1. The van der Waals surface area contributed by atoms with Gasteiger partial charge in [-0.05, 0) is 36.2 Å². The molecule has 0 aromatic heterocycles. The van der Waals surface area contributed by atoms with Crippen LogP contribution < -0.4 is 10.1 Å². The van der Waals surface area contributed by atoms with Gasteiger partial charge in [-0.15, -0.1) is 0 Å². The van der Waals surface area contributed by atoms with Gasteiger partial charge < -0.3 is 10.1 Å². The predicted molar refractivity (Wildman–Crippen MR) is 73.6 cm³/mol. The monoisotopic (exact) mass is 307 g/mol. The molecule has 0 spiro atoms. The maximum absolute atomic E-state index is 12.8. The zero-order chi connectivity index (χ0) is 15.9. The molecule has 114 valence electrons. The molecule has 3 rings (SSSR count). The summed E-state index contributed by atoms with van der Waals surface area (Å²) in [6, 6.07) is 9.91. The number of alkyl halides is 3. The normalized spacial score (nSPS) is 17.5. The standard InChI is InChI=1S/C16H12F3NO2/c1-9-8-10(16(17,18)19)6-7-11(9)14-12-4-2-3-5-13(12)22-15(21)20-14/h2-8,14H,1H3,(H,20,21). The van der Waals surface area contributed by atoms with Crippen molar-refractivity contribution in [2.45, 2.75) is 19.1 Å². The van der Waals surface area contributed by atoms with Crippen molar-refractivity contribution in [3.8, 4) is 5.75 Å². The van der Waals surface area contributed by atoms with Crippen LogP contribution in [0.2, 0.25) is 0 Å². The molecule has 1 N–H and O–H groups in total. The zero-order valence-electron chi connectivity index (χ0n) is 11.6. The quantitative estimate of drug-likeness (QED) is 0.857. The van der Waals surface area contributed by atoms with Crippen LogP contribution in [0.1, 0.15) is 28.3 Å². The van der Waals surface area contributed by atoms with Crippen LogP contribution in [0.15, 0.2) is 42.5 Å². The van der Waals surface area contributed by atoms with Crippen LogP contribution in [0.3, 0.4) is 0 Å². The molecule has 1 aliphatic heterocycles. The fourth-order valence-corrected chi connectivity index (χ4v) is 2.56. The van der Waals surface area contributed by atoms with Crippen LogP contribution in [0.5, 0.6) is 5.75 Å². The van der Waals surface area contributed by atoms with Crippen molar-refractivity contribution in [1.29, 1.82) is 0 Å². The number of rotatable bonds is 1. The average molecular weight is 307 g/mol. The van der Waals surface area contributed by atoms with Crippen LogP contribution in [0.25, 0.3) is 0 Å². The molecule has 2 aromatic carbocycles. The summed E-state index contributed by atoms with van der Waals surface area (Å²) in [5.41, 5.74) is 1.07. The minimum absolute atomic E-state index is 0.413. The number of amides is 1. The van der Waals surface area contributed by atoms with E-state index in [9.17, 15) is 18.0 Å². The number of hydrogen-bond donors (Lipinski definition) is 1. The second-order valence-electron chi connectivity index (χ2n) is 5.07. The first-order valence-corrected chi connectivity index (χ1v) is 6.61. The number of para-hydroxylation sites is 1. The summed E-state index contributed by atoms with van der Waals surface area (Å²) in [4.78, 5) is 11.6. The Labute approximate surface area is 124 Å². The van der Waals surface area contributed by atoms with Crippen molar-refractivity contribution in [2.24, 2.45) is 0 Å². The Balaban J connectivity index is 2.07. The van der Waals surface area contributed by atoms with E-state index in [4.69, 9.17) is 4.74 Å². The molecule has 0 fully saturated rings. The van der Waals surface area contributed by atoms with E-state index in [1.165, 1.54) is 6.07 Å². The topological polar surface area (TPSA) is 38.3 Å². The van der Waals surface area contributed by atoms with E-state index >= 15 is 0 Å². The summed E-state index contributed by atoms with van der Waals surface area (Å²) in [6.07, 6.45) is -5.01. The van der Waals surface area contributed by atoms with E-state index in [0.717, 1.165) is 12.1 Å². The third kappa shape index (κ3) is 2.52. The molecule has 1 aliphatic rings. The molecule has 22 heavy (non-hydrogen) atoms. The summed E-state index contributed by atoms with van der Waals surface area (Å²) in [7, 11) is 0. The van der Waals surface area contributed by atoms with Gasteiger partial charge in [-0.1, -0.05) is 24.3 Å². The Morgan fingerprint density at radius 2 is 1.82 bits per heavy atom. The Kier molecular flexibility index (Phi) is 3.31. The molecule has 2 aromatic rings. The third-order valence-corrected chi connectivity index (χ3v) is 3.60. The maximum Gasteiger partial charge on any atom is 0.416 e. The van der Waals surface area contributed by atoms with Crippen molar-refractivity contribution in [1.82, 2.24) is 5.32 Å². The van der Waals surface area contributed by atoms with E-state index in [-0.39, 0.29) is 0 Å². The molecule has 0 saturated heterocycles. The molecule has 0 radical (unpaired) electrons. The van der Waals surface area contributed by atoms with Crippen molar-refractivity contribution in [3.05, 3.63) is 64.7 Å². The summed E-state index contributed by atoms with van der Waals surface area (Å²) in [6.45, 7) is 1.59. The van der Waals surface area contributed by atoms with Crippen LogP contribution in [-0.4, -0.2) is 6.09 Å². The third-order valence-electron chi connectivity index (χ3n) is 3.60. The molecule has 0 saturated carbocycles. The minimum atomic E-state index is -4.39. The Morgan fingerprint density at radius 3 is 2.50 bits per heavy atom. The first kappa shape index (κ1) is 14.4. The van der Waals surface area contributed by atoms with E-state index in [2.05, 4.69) is 5.32 Å². The van der Waals surface area contributed by atoms with E-state index < -0.39 is 23.9 Å². The number of halogens is 3. The number of carbonyl (C=O) groups excluding carboxylic acids is 1. The predicted octanol–water partition coefficient (Wildman–Crippen LogP) is 4.21. The largest absolute Gasteiger partial charge is 0.416 e. The van der Waals surface area contributed by atoms with Crippen LogP contribution in [0, 0.1) is 6.92 Å². The summed E-state index contributed by atoms with van der Waals surface area (Å²) >= 11 is 0. The van der Waals surface area contributed by atoms with Gasteiger partial charge in [0.2, 0.25) is 0 Å². The van der Waals surface area contributed by atoms with Crippen molar-refractivity contribution in [3.63, 3.8) is 0 Å². The second-order valence-corrected chi connectivity index (χ2v) is 5.07. The number of nitrogens with one attached hydrogen (secondary N) is 1. The number of ether oxygens (including phenoxy) is 1. The second kappa shape index (κ2) is 5.05. The van der Waals surface area contributed by atoms with E-state index in [1.54, 1.807) is 31.2 Å². The van der Waals surface area contributed by atoms with E-state index in [1.807, 2.05) is 0 Å².